The van der Waals surface area contributed by atoms with Gasteiger partial charge in [-0.2, -0.15) is 0 Å². The van der Waals surface area contributed by atoms with Crippen molar-refractivity contribution < 1.29 is 9.53 Å². The minimum atomic E-state index is -0.707. The van der Waals surface area contributed by atoms with Crippen LogP contribution in [0, 0.1) is 6.92 Å². The van der Waals surface area contributed by atoms with Gasteiger partial charge in [0.2, 0.25) is 0 Å². The summed E-state index contributed by atoms with van der Waals surface area (Å²) in [4.78, 5) is 16.3. The molecule has 2 rings (SSSR count). The lowest BCUT2D eigenvalue weighted by atomic mass is 10.0. The van der Waals surface area contributed by atoms with Crippen LogP contribution < -0.4 is 5.32 Å². The van der Waals surface area contributed by atoms with Gasteiger partial charge in [0.25, 0.3) is 5.91 Å². The van der Waals surface area contributed by atoms with Gasteiger partial charge in [0.05, 0.1) is 0 Å². The van der Waals surface area contributed by atoms with Crippen LogP contribution in [0.25, 0.3) is 0 Å². The van der Waals surface area contributed by atoms with Crippen molar-refractivity contribution in [2.75, 3.05) is 11.9 Å². The maximum absolute atomic E-state index is 12.1. The van der Waals surface area contributed by atoms with Gasteiger partial charge in [-0.25, -0.2) is 4.98 Å². The normalized spacial score (nSPS) is 23.7. The first-order valence-electron chi connectivity index (χ1n) is 5.59. The van der Waals surface area contributed by atoms with Gasteiger partial charge in [0, 0.05) is 17.3 Å². The summed E-state index contributed by atoms with van der Waals surface area (Å²) >= 11 is 3.34. The van der Waals surface area contributed by atoms with Gasteiger partial charge < -0.3 is 10.1 Å². The number of hydrogen-bond donors (Lipinski definition) is 1. The van der Waals surface area contributed by atoms with E-state index in [1.807, 2.05) is 19.9 Å². The largest absolute Gasteiger partial charge is 0.365 e. The zero-order valence-electron chi connectivity index (χ0n) is 9.92. The predicted octanol–water partition coefficient (Wildman–Crippen LogP) is 2.66. The van der Waals surface area contributed by atoms with Crippen LogP contribution in [0.15, 0.2) is 16.7 Å². The molecule has 0 saturated carbocycles. The molecule has 1 aromatic heterocycles. The van der Waals surface area contributed by atoms with Crippen molar-refractivity contribution in [2.24, 2.45) is 0 Å². The maximum atomic E-state index is 12.1. The molecule has 0 bridgehead atoms. The fourth-order valence-electron chi connectivity index (χ4n) is 1.87. The number of pyridine rings is 1. The van der Waals surface area contributed by atoms with Crippen molar-refractivity contribution >= 4 is 27.7 Å². The van der Waals surface area contributed by atoms with E-state index in [0.717, 1.165) is 22.9 Å². The van der Waals surface area contributed by atoms with Crippen LogP contribution in [0.4, 0.5) is 5.82 Å². The molecule has 1 fully saturated rings. The summed E-state index contributed by atoms with van der Waals surface area (Å²) in [6.07, 6.45) is 3.35. The molecule has 4 nitrogen and oxygen atoms in total. The minimum absolute atomic E-state index is 0.118. The van der Waals surface area contributed by atoms with Crippen LogP contribution >= 0.6 is 15.9 Å². The Labute approximate surface area is 109 Å². The Morgan fingerprint density at radius 3 is 3.00 bits per heavy atom. The highest BCUT2D eigenvalue weighted by Gasteiger charge is 2.37. The first-order chi connectivity index (χ1) is 8.01. The first-order valence-corrected chi connectivity index (χ1v) is 6.38. The van der Waals surface area contributed by atoms with Crippen molar-refractivity contribution in [3.05, 3.63) is 22.3 Å². The molecule has 0 radical (unpaired) electrons. The van der Waals surface area contributed by atoms with Crippen LogP contribution in [-0.2, 0) is 9.53 Å². The van der Waals surface area contributed by atoms with Crippen LogP contribution in [-0.4, -0.2) is 23.1 Å². The number of amides is 1. The molecule has 1 aliphatic rings. The molecule has 1 amide bonds. The van der Waals surface area contributed by atoms with Crippen molar-refractivity contribution in [3.8, 4) is 0 Å². The summed E-state index contributed by atoms with van der Waals surface area (Å²) in [5, 5.41) is 2.82. The molecule has 5 heteroatoms. The van der Waals surface area contributed by atoms with Crippen LogP contribution in [0.1, 0.15) is 25.3 Å². The third-order valence-corrected chi connectivity index (χ3v) is 3.41. The average Bonchev–Trinajstić information content (AvgIpc) is 2.71. The number of anilines is 1. The van der Waals surface area contributed by atoms with E-state index in [1.165, 1.54) is 0 Å². The maximum Gasteiger partial charge on any atom is 0.257 e. The van der Waals surface area contributed by atoms with E-state index in [0.29, 0.717) is 12.4 Å². The van der Waals surface area contributed by atoms with Gasteiger partial charge in [0.15, 0.2) is 0 Å². The second-order valence-electron chi connectivity index (χ2n) is 4.46. The molecule has 0 aliphatic carbocycles. The molecule has 1 aromatic rings. The summed E-state index contributed by atoms with van der Waals surface area (Å²) in [5.41, 5.74) is 0.218. The summed E-state index contributed by atoms with van der Waals surface area (Å²) in [7, 11) is 0. The Morgan fingerprint density at radius 1 is 1.65 bits per heavy atom. The van der Waals surface area contributed by atoms with E-state index < -0.39 is 5.60 Å². The molecule has 0 aromatic carbocycles. The highest BCUT2D eigenvalue weighted by atomic mass is 79.9. The van der Waals surface area contributed by atoms with Crippen LogP contribution in [0.3, 0.4) is 0 Å². The van der Waals surface area contributed by atoms with Gasteiger partial charge in [-0.3, -0.25) is 4.79 Å². The third-order valence-electron chi connectivity index (χ3n) is 2.98. The van der Waals surface area contributed by atoms with Gasteiger partial charge in [-0.1, -0.05) is 0 Å². The average molecular weight is 299 g/mol. The monoisotopic (exact) mass is 298 g/mol. The Balaban J connectivity index is 2.13. The highest BCUT2D eigenvalue weighted by molar-refractivity contribution is 9.10. The Hall–Kier alpha value is -0.940. The van der Waals surface area contributed by atoms with Crippen molar-refractivity contribution in [1.82, 2.24) is 4.98 Å². The Morgan fingerprint density at radius 2 is 2.41 bits per heavy atom. The molecule has 17 heavy (non-hydrogen) atoms. The van der Waals surface area contributed by atoms with E-state index in [-0.39, 0.29) is 5.91 Å². The molecule has 1 unspecified atom stereocenters. The van der Waals surface area contributed by atoms with E-state index in [9.17, 15) is 4.79 Å². The fraction of sp³-hybridized carbons (Fsp3) is 0.500. The molecule has 1 aliphatic heterocycles. The second-order valence-corrected chi connectivity index (χ2v) is 5.37. The highest BCUT2D eigenvalue weighted by Crippen LogP contribution is 2.27. The summed E-state index contributed by atoms with van der Waals surface area (Å²) in [5.74, 6) is 0.475. The molecule has 2 heterocycles. The van der Waals surface area contributed by atoms with Gasteiger partial charge >= 0.3 is 0 Å². The van der Waals surface area contributed by atoms with Gasteiger partial charge in [-0.05, 0) is 54.2 Å². The minimum Gasteiger partial charge on any atom is -0.365 e. The van der Waals surface area contributed by atoms with E-state index in [1.54, 1.807) is 6.20 Å². The molecule has 0 spiro atoms. The number of nitrogens with zero attached hydrogens (tertiary/aromatic N) is 1. The van der Waals surface area contributed by atoms with Crippen LogP contribution in [0.2, 0.25) is 0 Å². The van der Waals surface area contributed by atoms with E-state index in [4.69, 9.17) is 4.74 Å². The van der Waals surface area contributed by atoms with E-state index in [2.05, 4.69) is 26.2 Å². The lowest BCUT2D eigenvalue weighted by Gasteiger charge is -2.22. The van der Waals surface area contributed by atoms with Crippen molar-refractivity contribution in [3.63, 3.8) is 0 Å². The zero-order chi connectivity index (χ0) is 12.5. The molecule has 1 saturated heterocycles. The lowest BCUT2D eigenvalue weighted by Crippen LogP contribution is -2.39. The molecule has 92 valence electrons. The lowest BCUT2D eigenvalue weighted by molar-refractivity contribution is -0.133. The Bertz CT molecular complexity index is 442. The smallest absolute Gasteiger partial charge is 0.257 e. The number of carbonyl (C=O) groups is 1. The summed E-state index contributed by atoms with van der Waals surface area (Å²) in [6, 6.07) is 1.92. The zero-order valence-corrected chi connectivity index (χ0v) is 11.5. The molecular formula is C12H15BrN2O2. The number of rotatable bonds is 2. The first kappa shape index (κ1) is 12.5. The number of nitrogens with one attached hydrogen (secondary N) is 1. The topological polar surface area (TPSA) is 51.2 Å². The standard InChI is InChI=1S/C12H15BrN2O2/c1-8-6-9(13)7-14-10(8)15-11(16)12(2)4-3-5-17-12/h6-7H,3-5H2,1-2H3,(H,14,15,16). The number of aryl methyl sites for hydroxylation is 1. The van der Waals surface area contributed by atoms with Crippen LogP contribution in [0.5, 0.6) is 0 Å². The fourth-order valence-corrected chi connectivity index (χ4v) is 2.32. The molecular weight excluding hydrogens is 284 g/mol. The molecule has 1 N–H and O–H groups in total. The van der Waals surface area contributed by atoms with Crippen molar-refractivity contribution in [1.29, 1.82) is 0 Å². The van der Waals surface area contributed by atoms with Gasteiger partial charge in [0.1, 0.15) is 11.4 Å². The quantitative estimate of drug-likeness (QED) is 0.913. The van der Waals surface area contributed by atoms with Gasteiger partial charge in [-0.15, -0.1) is 0 Å². The third kappa shape index (κ3) is 2.66. The Kier molecular flexibility index (Phi) is 3.49. The number of carbonyl (C=O) groups excluding carboxylic acids is 1. The SMILES string of the molecule is Cc1cc(Br)cnc1NC(=O)C1(C)CCCO1. The summed E-state index contributed by atoms with van der Waals surface area (Å²) in [6.45, 7) is 4.38. The number of halogens is 1. The predicted molar refractivity (Wildman–Crippen MR) is 68.9 cm³/mol. The summed E-state index contributed by atoms with van der Waals surface area (Å²) < 4.78 is 6.39. The molecule has 1 atom stereocenters. The number of aromatic nitrogens is 1. The van der Waals surface area contributed by atoms with Crippen molar-refractivity contribution in [2.45, 2.75) is 32.3 Å². The second kappa shape index (κ2) is 4.74. The van der Waals surface area contributed by atoms with E-state index >= 15 is 0 Å². The number of ether oxygens (including phenoxy) is 1. The number of hydrogen-bond acceptors (Lipinski definition) is 3.